The molecule has 3 rings (SSSR count). The lowest BCUT2D eigenvalue weighted by molar-refractivity contribution is -0.119. The first-order valence-electron chi connectivity index (χ1n) is 8.13. The number of anilines is 1. The number of sulfonamides is 1. The molecule has 1 aliphatic rings. The van der Waals surface area contributed by atoms with Crippen molar-refractivity contribution in [2.45, 2.75) is 30.7 Å². The molecule has 0 unspecified atom stereocenters. The molecule has 1 heterocycles. The van der Waals surface area contributed by atoms with Crippen LogP contribution in [0, 0.1) is 6.92 Å². The van der Waals surface area contributed by atoms with E-state index in [1.54, 1.807) is 36.4 Å². The summed E-state index contributed by atoms with van der Waals surface area (Å²) in [4.78, 5) is 12.9. The number of rotatable bonds is 4. The summed E-state index contributed by atoms with van der Waals surface area (Å²) in [6.07, 6.45) is 1.07. The van der Waals surface area contributed by atoms with Crippen molar-refractivity contribution >= 4 is 44.8 Å². The van der Waals surface area contributed by atoms with Crippen LogP contribution >= 0.6 is 23.2 Å². The fraction of sp³-hybridized carbons (Fsp3) is 0.278. The summed E-state index contributed by atoms with van der Waals surface area (Å²) in [6, 6.07) is 10.6. The minimum atomic E-state index is -3.75. The van der Waals surface area contributed by atoms with Gasteiger partial charge in [0.15, 0.2) is 0 Å². The molecular weight excluding hydrogens is 395 g/mol. The van der Waals surface area contributed by atoms with Gasteiger partial charge in [-0.15, -0.1) is 0 Å². The zero-order chi connectivity index (χ0) is 18.9. The smallest absolute Gasteiger partial charge is 0.243 e. The van der Waals surface area contributed by atoms with Crippen LogP contribution in [0.1, 0.15) is 18.4 Å². The topological polar surface area (TPSA) is 66.5 Å². The van der Waals surface area contributed by atoms with Gasteiger partial charge in [0.2, 0.25) is 15.9 Å². The second-order valence-corrected chi connectivity index (χ2v) is 8.93. The molecule has 8 heteroatoms. The van der Waals surface area contributed by atoms with E-state index in [1.165, 1.54) is 10.4 Å². The number of halogens is 2. The van der Waals surface area contributed by atoms with Gasteiger partial charge in [-0.1, -0.05) is 40.9 Å². The molecule has 26 heavy (non-hydrogen) atoms. The van der Waals surface area contributed by atoms with E-state index >= 15 is 0 Å². The van der Waals surface area contributed by atoms with Crippen molar-refractivity contribution in [3.63, 3.8) is 0 Å². The van der Waals surface area contributed by atoms with Crippen molar-refractivity contribution < 1.29 is 13.2 Å². The van der Waals surface area contributed by atoms with Gasteiger partial charge in [-0.05, 0) is 50.1 Å². The summed E-state index contributed by atoms with van der Waals surface area (Å²) >= 11 is 12.0. The average molecular weight is 413 g/mol. The zero-order valence-corrected chi connectivity index (χ0v) is 16.4. The van der Waals surface area contributed by atoms with Crippen LogP contribution in [0.4, 0.5) is 5.69 Å². The third-order valence-electron chi connectivity index (χ3n) is 4.32. The van der Waals surface area contributed by atoms with Crippen LogP contribution in [0.15, 0.2) is 47.4 Å². The summed E-state index contributed by atoms with van der Waals surface area (Å²) in [7, 11) is -3.75. The highest BCUT2D eigenvalue weighted by molar-refractivity contribution is 7.89. The van der Waals surface area contributed by atoms with Gasteiger partial charge in [0, 0.05) is 11.6 Å². The van der Waals surface area contributed by atoms with Gasteiger partial charge in [0.1, 0.15) is 6.04 Å². The molecule has 1 aliphatic heterocycles. The van der Waals surface area contributed by atoms with Crippen molar-refractivity contribution in [2.75, 3.05) is 11.9 Å². The minimum Gasteiger partial charge on any atom is -0.323 e. The predicted octanol–water partition coefficient (Wildman–Crippen LogP) is 4.09. The monoisotopic (exact) mass is 412 g/mol. The largest absolute Gasteiger partial charge is 0.323 e. The Hall–Kier alpha value is -1.60. The number of hydrogen-bond acceptors (Lipinski definition) is 3. The van der Waals surface area contributed by atoms with Gasteiger partial charge in [-0.3, -0.25) is 4.79 Å². The lowest BCUT2D eigenvalue weighted by Crippen LogP contribution is -2.43. The van der Waals surface area contributed by atoms with Crippen molar-refractivity contribution in [1.29, 1.82) is 0 Å². The highest BCUT2D eigenvalue weighted by Crippen LogP contribution is 2.29. The van der Waals surface area contributed by atoms with Crippen molar-refractivity contribution in [3.8, 4) is 0 Å². The number of benzene rings is 2. The lowest BCUT2D eigenvalue weighted by atomic mass is 10.2. The second kappa shape index (κ2) is 7.56. The van der Waals surface area contributed by atoms with Crippen molar-refractivity contribution in [2.24, 2.45) is 0 Å². The first-order chi connectivity index (χ1) is 12.3. The molecule has 0 saturated carbocycles. The Labute approximate surface area is 163 Å². The fourth-order valence-corrected chi connectivity index (χ4v) is 4.94. The van der Waals surface area contributed by atoms with Crippen LogP contribution in [-0.2, 0) is 14.8 Å². The molecule has 1 fully saturated rings. The Bertz CT molecular complexity index is 930. The van der Waals surface area contributed by atoms with E-state index < -0.39 is 22.0 Å². The van der Waals surface area contributed by atoms with Gasteiger partial charge in [-0.2, -0.15) is 4.31 Å². The Kier molecular flexibility index (Phi) is 5.58. The molecule has 0 bridgehead atoms. The van der Waals surface area contributed by atoms with E-state index in [0.29, 0.717) is 35.1 Å². The van der Waals surface area contributed by atoms with Crippen LogP contribution in [0.5, 0.6) is 0 Å². The molecule has 138 valence electrons. The molecule has 0 aliphatic carbocycles. The Morgan fingerprint density at radius 2 is 1.85 bits per heavy atom. The van der Waals surface area contributed by atoms with Crippen LogP contribution in [0.3, 0.4) is 0 Å². The number of amides is 1. The molecule has 1 amide bonds. The maximum Gasteiger partial charge on any atom is 0.243 e. The van der Waals surface area contributed by atoms with E-state index in [4.69, 9.17) is 23.2 Å². The van der Waals surface area contributed by atoms with E-state index in [1.807, 2.05) is 6.92 Å². The molecule has 1 atom stereocenters. The standard InChI is InChI=1S/C18H18Cl2N2O3S/c1-12-4-7-14(8-5-12)26(24,25)22-10-2-3-17(22)18(23)21-16-11-13(19)6-9-15(16)20/h4-9,11,17H,2-3,10H2,1H3,(H,21,23)/t17-/m0/s1. The number of nitrogens with zero attached hydrogens (tertiary/aromatic N) is 1. The first kappa shape index (κ1) is 19.2. The highest BCUT2D eigenvalue weighted by Gasteiger charge is 2.39. The summed E-state index contributed by atoms with van der Waals surface area (Å²) in [5.41, 5.74) is 1.33. The van der Waals surface area contributed by atoms with E-state index in [2.05, 4.69) is 5.32 Å². The van der Waals surface area contributed by atoms with E-state index in [9.17, 15) is 13.2 Å². The molecule has 1 saturated heterocycles. The maximum atomic E-state index is 12.9. The quantitative estimate of drug-likeness (QED) is 0.821. The highest BCUT2D eigenvalue weighted by atomic mass is 35.5. The van der Waals surface area contributed by atoms with Crippen LogP contribution in [0.25, 0.3) is 0 Å². The normalized spacial score (nSPS) is 18.0. The van der Waals surface area contributed by atoms with E-state index in [-0.39, 0.29) is 4.90 Å². The van der Waals surface area contributed by atoms with Gasteiger partial charge in [-0.25, -0.2) is 8.42 Å². The van der Waals surface area contributed by atoms with Crippen molar-refractivity contribution in [3.05, 3.63) is 58.1 Å². The number of aryl methyl sites for hydroxylation is 1. The van der Waals surface area contributed by atoms with Gasteiger partial charge >= 0.3 is 0 Å². The molecule has 0 spiro atoms. The average Bonchev–Trinajstić information content (AvgIpc) is 3.09. The minimum absolute atomic E-state index is 0.184. The van der Waals surface area contributed by atoms with E-state index in [0.717, 1.165) is 5.56 Å². The Balaban J connectivity index is 1.84. The lowest BCUT2D eigenvalue weighted by Gasteiger charge is -2.23. The van der Waals surface area contributed by atoms with Gasteiger partial charge < -0.3 is 5.32 Å². The summed E-state index contributed by atoms with van der Waals surface area (Å²) in [5, 5.41) is 3.47. The third kappa shape index (κ3) is 3.88. The molecular formula is C18H18Cl2N2O3S. The fourth-order valence-electron chi connectivity index (χ4n) is 2.94. The number of nitrogens with one attached hydrogen (secondary N) is 1. The Morgan fingerprint density at radius 1 is 1.15 bits per heavy atom. The van der Waals surface area contributed by atoms with Gasteiger partial charge in [0.05, 0.1) is 15.6 Å². The number of carbonyl (C=O) groups excluding carboxylic acids is 1. The van der Waals surface area contributed by atoms with Crippen molar-refractivity contribution in [1.82, 2.24) is 4.31 Å². The van der Waals surface area contributed by atoms with Crippen LogP contribution < -0.4 is 5.32 Å². The summed E-state index contributed by atoms with van der Waals surface area (Å²) in [6.45, 7) is 2.19. The maximum absolute atomic E-state index is 12.9. The van der Waals surface area contributed by atoms with Crippen LogP contribution in [0.2, 0.25) is 10.0 Å². The van der Waals surface area contributed by atoms with Crippen LogP contribution in [-0.4, -0.2) is 31.2 Å². The summed E-state index contributed by atoms with van der Waals surface area (Å²) in [5.74, 6) is -0.414. The third-order valence-corrected chi connectivity index (χ3v) is 6.81. The van der Waals surface area contributed by atoms with Gasteiger partial charge in [0.25, 0.3) is 0 Å². The SMILES string of the molecule is Cc1ccc(S(=O)(=O)N2CCC[C@H]2C(=O)Nc2cc(Cl)ccc2Cl)cc1. The number of hydrogen-bond donors (Lipinski definition) is 1. The molecule has 1 N–H and O–H groups in total. The molecule has 2 aromatic rings. The molecule has 5 nitrogen and oxygen atoms in total. The molecule has 0 aromatic heterocycles. The molecule has 0 radical (unpaired) electrons. The number of carbonyl (C=O) groups is 1. The zero-order valence-electron chi connectivity index (χ0n) is 14.1. The molecule has 2 aromatic carbocycles. The summed E-state index contributed by atoms with van der Waals surface area (Å²) < 4.78 is 27.1. The predicted molar refractivity (Wildman–Crippen MR) is 103 cm³/mol. The second-order valence-electron chi connectivity index (χ2n) is 6.20. The Morgan fingerprint density at radius 3 is 2.54 bits per heavy atom. The first-order valence-corrected chi connectivity index (χ1v) is 10.3.